The maximum atomic E-state index is 13.5. The molecule has 3 amide bonds. The number of aliphatic imine (C=N–C) groups is 1. The Kier molecular flexibility index (Phi) is 11.5. The number of carbonyl (C=O) groups is 3. The fraction of sp³-hybridized carbons (Fsp3) is 0.567. The molecule has 0 unspecified atom stereocenters. The molecule has 2 aliphatic heterocycles. The smallest absolute Gasteiger partial charge is 0.268 e. The van der Waals surface area contributed by atoms with Crippen LogP contribution in [0.3, 0.4) is 0 Å². The highest BCUT2D eigenvalue weighted by atomic mass is 32.2. The lowest BCUT2D eigenvalue weighted by Crippen LogP contribution is -2.43. The SMILES string of the molecule is C=C(CN1CCSCC1)C(=O)NCC(=NC(=O)[C@H](Cc1nc2ccc(C(C)C)cc2s1)NC(C)=O)C1CCOCC1. The van der Waals surface area contributed by atoms with Crippen molar-refractivity contribution in [1.82, 2.24) is 20.5 Å². The Morgan fingerprint density at radius 2 is 1.93 bits per heavy atom. The minimum absolute atomic E-state index is 0.00951. The minimum Gasteiger partial charge on any atom is -0.381 e. The molecule has 2 aromatic rings. The molecule has 2 saturated heterocycles. The number of amides is 3. The molecule has 41 heavy (non-hydrogen) atoms. The number of hydrogen-bond acceptors (Lipinski definition) is 8. The lowest BCUT2D eigenvalue weighted by Gasteiger charge is -2.27. The molecule has 0 spiro atoms. The summed E-state index contributed by atoms with van der Waals surface area (Å²) in [6.07, 6.45) is 1.68. The van der Waals surface area contributed by atoms with Gasteiger partial charge in [-0.05, 0) is 36.5 Å². The highest BCUT2D eigenvalue weighted by Gasteiger charge is 2.26. The van der Waals surface area contributed by atoms with Crippen LogP contribution in [0.4, 0.5) is 0 Å². The summed E-state index contributed by atoms with van der Waals surface area (Å²) in [6, 6.07) is 5.36. The quantitative estimate of drug-likeness (QED) is 0.300. The van der Waals surface area contributed by atoms with E-state index in [9.17, 15) is 14.4 Å². The van der Waals surface area contributed by atoms with E-state index in [0.29, 0.717) is 37.0 Å². The molecular weight excluding hydrogens is 558 g/mol. The number of hydrogen-bond donors (Lipinski definition) is 2. The first-order chi connectivity index (χ1) is 19.7. The molecule has 11 heteroatoms. The van der Waals surface area contributed by atoms with Crippen molar-refractivity contribution in [1.29, 1.82) is 0 Å². The number of benzene rings is 1. The third kappa shape index (κ3) is 9.19. The lowest BCUT2D eigenvalue weighted by atomic mass is 9.94. The number of nitrogens with zero attached hydrogens (tertiary/aromatic N) is 3. The molecule has 0 radical (unpaired) electrons. The van der Waals surface area contributed by atoms with Crippen molar-refractivity contribution in [2.24, 2.45) is 10.9 Å². The Bertz CT molecular complexity index is 1280. The van der Waals surface area contributed by atoms with Gasteiger partial charge in [-0.25, -0.2) is 9.98 Å². The third-order valence-electron chi connectivity index (χ3n) is 7.39. The monoisotopic (exact) mass is 599 g/mol. The number of ether oxygens (including phenoxy) is 1. The highest BCUT2D eigenvalue weighted by molar-refractivity contribution is 7.99. The summed E-state index contributed by atoms with van der Waals surface area (Å²) in [5, 5.41) is 6.48. The van der Waals surface area contributed by atoms with E-state index < -0.39 is 11.9 Å². The number of fused-ring (bicyclic) bond motifs is 1. The number of thioether (sulfide) groups is 1. The van der Waals surface area contributed by atoms with E-state index >= 15 is 0 Å². The van der Waals surface area contributed by atoms with Gasteiger partial charge in [-0.1, -0.05) is 26.5 Å². The summed E-state index contributed by atoms with van der Waals surface area (Å²) in [5.41, 5.74) is 3.21. The number of aromatic nitrogens is 1. The fourth-order valence-corrected chi connectivity index (χ4v) is 7.02. The third-order valence-corrected chi connectivity index (χ3v) is 9.38. The van der Waals surface area contributed by atoms with Gasteiger partial charge in [-0.2, -0.15) is 11.8 Å². The molecule has 0 aliphatic carbocycles. The molecule has 1 aromatic carbocycles. The maximum Gasteiger partial charge on any atom is 0.268 e. The van der Waals surface area contributed by atoms with Gasteiger partial charge < -0.3 is 15.4 Å². The number of rotatable bonds is 11. The highest BCUT2D eigenvalue weighted by Crippen LogP contribution is 2.27. The van der Waals surface area contributed by atoms with E-state index in [1.54, 1.807) is 0 Å². The first-order valence-corrected chi connectivity index (χ1v) is 16.3. The molecule has 1 aromatic heterocycles. The lowest BCUT2D eigenvalue weighted by molar-refractivity contribution is -0.126. The van der Waals surface area contributed by atoms with Crippen LogP contribution in [0, 0.1) is 5.92 Å². The van der Waals surface area contributed by atoms with Crippen molar-refractivity contribution in [3.63, 3.8) is 0 Å². The van der Waals surface area contributed by atoms with Crippen LogP contribution in [0.5, 0.6) is 0 Å². The van der Waals surface area contributed by atoms with Crippen molar-refractivity contribution >= 4 is 56.7 Å². The molecule has 9 nitrogen and oxygen atoms in total. The first kappa shape index (κ1) is 31.3. The van der Waals surface area contributed by atoms with E-state index in [-0.39, 0.29) is 30.7 Å². The number of thiazole rings is 1. The standard InChI is InChI=1S/C30H41N5O4S2/c1-19(2)23-5-6-24-27(15-23)41-28(33-24)16-25(32-21(4)36)30(38)34-26(22-7-11-39-12-8-22)17-31-29(37)20(3)18-35-9-13-40-14-10-35/h5-6,15,19,22,25H,3,7-14,16-18H2,1-2,4H3,(H,31,37)(H,32,36)/t25-/m0/s1. The molecule has 1 atom stereocenters. The van der Waals surface area contributed by atoms with Crippen molar-refractivity contribution in [2.75, 3.05) is 50.9 Å². The van der Waals surface area contributed by atoms with Crippen molar-refractivity contribution < 1.29 is 19.1 Å². The summed E-state index contributed by atoms with van der Waals surface area (Å²) in [6.45, 7) is 13.4. The fourth-order valence-electron chi connectivity index (χ4n) is 4.98. The van der Waals surface area contributed by atoms with Crippen LogP contribution in [0.1, 0.15) is 50.1 Å². The van der Waals surface area contributed by atoms with Gasteiger partial charge in [0.1, 0.15) is 6.04 Å². The van der Waals surface area contributed by atoms with Crippen LogP contribution < -0.4 is 10.6 Å². The molecule has 2 fully saturated rings. The zero-order valence-corrected chi connectivity index (χ0v) is 25.9. The van der Waals surface area contributed by atoms with E-state index in [1.165, 1.54) is 23.8 Å². The largest absolute Gasteiger partial charge is 0.381 e. The van der Waals surface area contributed by atoms with Gasteiger partial charge in [0.25, 0.3) is 5.91 Å². The molecule has 2 aliphatic rings. The van der Waals surface area contributed by atoms with Gasteiger partial charge in [0.05, 0.1) is 21.8 Å². The van der Waals surface area contributed by atoms with Gasteiger partial charge in [0.15, 0.2) is 0 Å². The second-order valence-corrected chi connectivity index (χ2v) is 13.3. The number of carbonyl (C=O) groups excluding carboxylic acids is 3. The van der Waals surface area contributed by atoms with Gasteiger partial charge in [-0.15, -0.1) is 11.3 Å². The summed E-state index contributed by atoms with van der Waals surface area (Å²) in [4.78, 5) is 50.0. The molecule has 4 rings (SSSR count). The molecule has 222 valence electrons. The number of nitrogens with one attached hydrogen (secondary N) is 2. The Morgan fingerprint density at radius 3 is 2.61 bits per heavy atom. The molecule has 0 saturated carbocycles. The van der Waals surface area contributed by atoms with E-state index in [0.717, 1.165) is 52.7 Å². The summed E-state index contributed by atoms with van der Waals surface area (Å²) < 4.78 is 6.58. The van der Waals surface area contributed by atoms with Crippen molar-refractivity contribution in [3.05, 3.63) is 40.9 Å². The van der Waals surface area contributed by atoms with E-state index in [2.05, 4.69) is 53.1 Å². The molecule has 2 N–H and O–H groups in total. The zero-order chi connectivity index (χ0) is 29.4. The summed E-state index contributed by atoms with van der Waals surface area (Å²) in [5.74, 6) is 1.54. The second kappa shape index (κ2) is 15.0. The first-order valence-electron chi connectivity index (χ1n) is 14.3. The topological polar surface area (TPSA) is 113 Å². The van der Waals surface area contributed by atoms with Crippen LogP contribution in [0.25, 0.3) is 10.2 Å². The van der Waals surface area contributed by atoms with Gasteiger partial charge in [0, 0.05) is 74.9 Å². The van der Waals surface area contributed by atoms with E-state index in [4.69, 9.17) is 9.72 Å². The van der Waals surface area contributed by atoms with Gasteiger partial charge >= 0.3 is 0 Å². The Morgan fingerprint density at radius 1 is 1.20 bits per heavy atom. The van der Waals surface area contributed by atoms with Crippen LogP contribution in [-0.2, 0) is 25.5 Å². The molecule has 3 heterocycles. The van der Waals surface area contributed by atoms with Crippen LogP contribution >= 0.6 is 23.1 Å². The maximum absolute atomic E-state index is 13.5. The van der Waals surface area contributed by atoms with Crippen LogP contribution in [-0.4, -0.2) is 90.3 Å². The average molecular weight is 600 g/mol. The van der Waals surface area contributed by atoms with Gasteiger partial charge in [0.2, 0.25) is 11.8 Å². The average Bonchev–Trinajstić information content (AvgIpc) is 3.37. The molecule has 0 bridgehead atoms. The minimum atomic E-state index is -0.852. The van der Waals surface area contributed by atoms with E-state index in [1.807, 2.05) is 17.8 Å². The second-order valence-electron chi connectivity index (χ2n) is 10.9. The zero-order valence-electron chi connectivity index (χ0n) is 24.2. The molecular formula is C30H41N5O4S2. The summed E-state index contributed by atoms with van der Waals surface area (Å²) in [7, 11) is 0. The summed E-state index contributed by atoms with van der Waals surface area (Å²) >= 11 is 3.45. The normalized spacial score (nSPS) is 17.9. The van der Waals surface area contributed by atoms with Crippen molar-refractivity contribution in [3.8, 4) is 0 Å². The Labute approximate surface area is 250 Å². The Balaban J connectivity index is 1.48. The predicted octanol–water partition coefficient (Wildman–Crippen LogP) is 3.58. The van der Waals surface area contributed by atoms with Gasteiger partial charge in [-0.3, -0.25) is 19.3 Å². The van der Waals surface area contributed by atoms with Crippen molar-refractivity contribution in [2.45, 2.75) is 52.0 Å². The Hall–Kier alpha value is -2.60. The van der Waals surface area contributed by atoms with Crippen LogP contribution in [0.15, 0.2) is 35.3 Å². The van der Waals surface area contributed by atoms with Crippen LogP contribution in [0.2, 0.25) is 0 Å². The predicted molar refractivity (Wildman–Crippen MR) is 167 cm³/mol.